The number of aromatic nitrogens is 8. The van der Waals surface area contributed by atoms with Crippen LogP contribution >= 0.6 is 46.4 Å². The number of carboxylic acid groups (broad SMARTS) is 1. The molecular formula is C56H40Cl4N12O11. The smallest absolute Gasteiger partial charge is 0.357 e. The van der Waals surface area contributed by atoms with Crippen LogP contribution in [0.3, 0.4) is 0 Å². The number of aromatic carboxylic acids is 1. The maximum atomic E-state index is 12.0. The van der Waals surface area contributed by atoms with Gasteiger partial charge in [-0.3, -0.25) is 18.3 Å². The van der Waals surface area contributed by atoms with Gasteiger partial charge in [0.2, 0.25) is 0 Å². The van der Waals surface area contributed by atoms with Crippen LogP contribution in [0.4, 0.5) is 0 Å². The number of halogens is 4. The molecule has 3 atom stereocenters. The number of aliphatic hydroxyl groups is 3. The molecule has 23 nitrogen and oxygen atoms in total. The number of ether oxygens (including phenoxy) is 3. The lowest BCUT2D eigenvalue weighted by Crippen LogP contribution is -2.31. The summed E-state index contributed by atoms with van der Waals surface area (Å²) >= 11 is 24.0. The van der Waals surface area contributed by atoms with E-state index >= 15 is 0 Å². The first-order chi connectivity index (χ1) is 40.0. The summed E-state index contributed by atoms with van der Waals surface area (Å²) in [6, 6.07) is 27.1. The van der Waals surface area contributed by atoms with Crippen LogP contribution in [-0.2, 0) is 39.9 Å². The van der Waals surface area contributed by atoms with Gasteiger partial charge in [-0.1, -0.05) is 52.5 Å². The predicted octanol–water partition coefficient (Wildman–Crippen LogP) is 7.24. The summed E-state index contributed by atoms with van der Waals surface area (Å²) in [5.41, 5.74) is 6.97. The molecule has 0 saturated carbocycles. The summed E-state index contributed by atoms with van der Waals surface area (Å²) in [4.78, 5) is 64.2. The SMILES string of the molecule is C=CCc1ncn(-c2ccc(C#N)c(Cl)c2)c1C(=O)O.N#Cc1ccc(-n2cnc3c2C(=O)OC(CO)C3)cc1Cl.N#Cc1ccc(-n2cnc3c2C(=O)OC(CO)C3)cc1Cl.N#Cc1ccc(-n2cnc3c2C(=O)OC(CO)C3)cc1Cl. The standard InChI is InChI=1S/3C14H10ClN3O3.C14H10ClN3O2/c3*15-11-3-9(2-1-8(11)5-16)18-7-17-12-4-10(6-19)21-14(20)13(12)18;1-2-3-12-13(14(19)20)18(8-17-12)10-5-4-9(7-16)11(15)6-10/h3*1-3,7,10,19H,4,6H2;2,4-6,8H,1,3H2,(H,19,20). The van der Waals surface area contributed by atoms with Gasteiger partial charge >= 0.3 is 23.9 Å². The number of imidazole rings is 4. The summed E-state index contributed by atoms with van der Waals surface area (Å²) in [5.74, 6) is -2.69. The zero-order valence-electron chi connectivity index (χ0n) is 42.7. The summed E-state index contributed by atoms with van der Waals surface area (Å²) in [5, 5.41) is 73.2. The summed E-state index contributed by atoms with van der Waals surface area (Å²) in [6.45, 7) is 2.87. The van der Waals surface area contributed by atoms with Gasteiger partial charge in [-0.2, -0.15) is 21.0 Å². The van der Waals surface area contributed by atoms with Crippen molar-refractivity contribution in [3.05, 3.63) is 199 Å². The maximum Gasteiger partial charge on any atom is 0.357 e. The van der Waals surface area contributed by atoms with Gasteiger partial charge in [0.25, 0.3) is 0 Å². The molecule has 8 aromatic rings. The molecule has 11 rings (SSSR count). The highest BCUT2D eigenvalue weighted by Crippen LogP contribution is 2.30. The van der Waals surface area contributed by atoms with Crippen molar-refractivity contribution < 1.29 is 53.8 Å². The zero-order valence-corrected chi connectivity index (χ0v) is 45.8. The van der Waals surface area contributed by atoms with Gasteiger partial charge in [-0.25, -0.2) is 39.1 Å². The number of esters is 3. The second-order valence-corrected chi connectivity index (χ2v) is 19.4. The molecule has 0 spiro atoms. The molecule has 3 unspecified atom stereocenters. The van der Waals surface area contributed by atoms with Gasteiger partial charge in [0, 0.05) is 48.4 Å². The van der Waals surface area contributed by atoms with Crippen LogP contribution in [0, 0.1) is 45.3 Å². The lowest BCUT2D eigenvalue weighted by Gasteiger charge is -2.21. The molecule has 0 aliphatic carbocycles. The number of hydrogen-bond donors (Lipinski definition) is 4. The minimum absolute atomic E-state index is 0.0608. The van der Waals surface area contributed by atoms with E-state index < -0.39 is 42.2 Å². The normalized spacial score (nSPS) is 15.3. The number of carbonyl (C=O) groups excluding carboxylic acids is 3. The number of rotatable bonds is 10. The second-order valence-electron chi connectivity index (χ2n) is 17.8. The number of benzene rings is 4. The molecule has 4 N–H and O–H groups in total. The van der Waals surface area contributed by atoms with Crippen LogP contribution in [0.5, 0.6) is 0 Å². The molecule has 0 radical (unpaired) electrons. The molecule has 7 heterocycles. The number of nitriles is 4. The van der Waals surface area contributed by atoms with Gasteiger partial charge in [-0.05, 0) is 72.8 Å². The van der Waals surface area contributed by atoms with E-state index in [0.29, 0.717) is 126 Å². The third-order valence-electron chi connectivity index (χ3n) is 12.6. The summed E-state index contributed by atoms with van der Waals surface area (Å²) < 4.78 is 21.5. The van der Waals surface area contributed by atoms with Crippen molar-refractivity contribution in [3.63, 3.8) is 0 Å². The number of hydrogen-bond acceptors (Lipinski definition) is 18. The van der Waals surface area contributed by atoms with Crippen molar-refractivity contribution in [3.8, 4) is 47.0 Å². The minimum Gasteiger partial charge on any atom is -0.477 e. The Bertz CT molecular complexity index is 3740. The fourth-order valence-corrected chi connectivity index (χ4v) is 9.48. The van der Waals surface area contributed by atoms with Crippen LogP contribution in [0.15, 0.2) is 111 Å². The molecule has 4 aromatic carbocycles. The number of allylic oxidation sites excluding steroid dienone is 1. The zero-order chi connectivity index (χ0) is 59.6. The van der Waals surface area contributed by atoms with E-state index in [4.69, 9.17) is 97.0 Å². The minimum atomic E-state index is -1.08. The Morgan fingerprint density at radius 3 is 1.07 bits per heavy atom. The number of fused-ring (bicyclic) bond motifs is 3. The highest BCUT2D eigenvalue weighted by Gasteiger charge is 2.34. The highest BCUT2D eigenvalue weighted by molar-refractivity contribution is 6.33. The molecular weight excluding hydrogens is 1160 g/mol. The topological polar surface area (TPSA) is 343 Å². The molecule has 0 fully saturated rings. The Labute approximate surface area is 490 Å². The molecule has 0 bridgehead atoms. The summed E-state index contributed by atoms with van der Waals surface area (Å²) in [6.07, 6.45) is 7.31. The van der Waals surface area contributed by atoms with Gasteiger partial charge in [0.15, 0.2) is 22.8 Å². The highest BCUT2D eigenvalue weighted by atomic mass is 35.5. The Morgan fingerprint density at radius 1 is 0.530 bits per heavy atom. The van der Waals surface area contributed by atoms with E-state index in [1.807, 2.05) is 24.3 Å². The van der Waals surface area contributed by atoms with Crippen molar-refractivity contribution in [1.29, 1.82) is 21.0 Å². The number of aliphatic hydroxyl groups excluding tert-OH is 3. The fraction of sp³-hybridized carbons (Fsp3) is 0.179. The van der Waals surface area contributed by atoms with Crippen molar-refractivity contribution >= 4 is 70.3 Å². The van der Waals surface area contributed by atoms with Crippen molar-refractivity contribution in [2.75, 3.05) is 19.8 Å². The molecule has 83 heavy (non-hydrogen) atoms. The van der Waals surface area contributed by atoms with E-state index in [9.17, 15) is 24.3 Å². The first-order valence-corrected chi connectivity index (χ1v) is 25.9. The Morgan fingerprint density at radius 2 is 0.819 bits per heavy atom. The lowest BCUT2D eigenvalue weighted by molar-refractivity contribution is 0.00744. The average Bonchev–Trinajstić information content (AvgIpc) is 4.05. The van der Waals surface area contributed by atoms with E-state index in [-0.39, 0.29) is 30.5 Å². The molecule has 27 heteroatoms. The predicted molar refractivity (Wildman–Crippen MR) is 294 cm³/mol. The molecule has 4 aromatic heterocycles. The van der Waals surface area contributed by atoms with Crippen LogP contribution in [0.25, 0.3) is 22.7 Å². The largest absolute Gasteiger partial charge is 0.477 e. The summed E-state index contributed by atoms with van der Waals surface area (Å²) in [7, 11) is 0. The van der Waals surface area contributed by atoms with Crippen molar-refractivity contribution in [2.24, 2.45) is 0 Å². The van der Waals surface area contributed by atoms with Gasteiger partial charge in [-0.15, -0.1) is 6.58 Å². The Kier molecular flexibility index (Phi) is 18.8. The number of carboxylic acids is 1. The van der Waals surface area contributed by atoms with Crippen LogP contribution in [-0.4, -0.2) is 121 Å². The Balaban J connectivity index is 0.000000145. The number of cyclic esters (lactones) is 3. The van der Waals surface area contributed by atoms with Crippen molar-refractivity contribution in [2.45, 2.75) is 44.0 Å². The maximum absolute atomic E-state index is 12.0. The molecule has 0 saturated heterocycles. The third kappa shape index (κ3) is 12.8. The molecule has 3 aliphatic heterocycles. The van der Waals surface area contributed by atoms with Gasteiger partial charge in [0.05, 0.1) is 84.9 Å². The quantitative estimate of drug-likeness (QED) is 0.0595. The van der Waals surface area contributed by atoms with E-state index in [1.165, 1.54) is 42.0 Å². The van der Waals surface area contributed by atoms with Crippen LogP contribution < -0.4 is 0 Å². The van der Waals surface area contributed by atoms with Gasteiger partial charge in [0.1, 0.15) is 67.9 Å². The van der Waals surface area contributed by atoms with E-state index in [0.717, 1.165) is 0 Å². The van der Waals surface area contributed by atoms with Crippen molar-refractivity contribution in [1.82, 2.24) is 38.2 Å². The van der Waals surface area contributed by atoms with E-state index in [2.05, 4.69) is 26.5 Å². The van der Waals surface area contributed by atoms with Crippen LogP contribution in [0.2, 0.25) is 20.1 Å². The first kappa shape index (κ1) is 59.5. The van der Waals surface area contributed by atoms with E-state index in [1.54, 1.807) is 80.4 Å². The molecule has 3 aliphatic rings. The Hall–Kier alpha value is -9.66. The average molecular weight is 1200 g/mol. The monoisotopic (exact) mass is 1200 g/mol. The third-order valence-corrected chi connectivity index (χ3v) is 13.8. The number of nitrogens with zero attached hydrogens (tertiary/aromatic N) is 12. The molecule has 0 amide bonds. The lowest BCUT2D eigenvalue weighted by atomic mass is 10.1. The van der Waals surface area contributed by atoms with Crippen LogP contribution in [0.1, 0.15) is 87.0 Å². The second kappa shape index (κ2) is 26.3. The number of carbonyl (C=O) groups is 4. The van der Waals surface area contributed by atoms with Gasteiger partial charge < -0.3 is 34.6 Å². The first-order valence-electron chi connectivity index (χ1n) is 24.3. The fourth-order valence-electron chi connectivity index (χ4n) is 8.61. The molecule has 418 valence electrons.